The number of carboxylic acid groups (broad SMARTS) is 1. The lowest BCUT2D eigenvalue weighted by molar-refractivity contribution is -0.133. The van der Waals surface area contributed by atoms with Crippen LogP contribution in [0.25, 0.3) is 0 Å². The Morgan fingerprint density at radius 2 is 1.91 bits per heavy atom. The smallest absolute Gasteiger partial charge is 0.352 e. The second-order valence-electron chi connectivity index (χ2n) is 4.39. The second-order valence-corrected chi connectivity index (χ2v) is 4.39. The highest BCUT2D eigenvalue weighted by Crippen LogP contribution is 2.25. The van der Waals surface area contributed by atoms with Gasteiger partial charge in [0.05, 0.1) is 17.4 Å². The first-order chi connectivity index (χ1) is 10.7. The number of guanidine groups is 1. The minimum atomic E-state index is -1.49. The van der Waals surface area contributed by atoms with E-state index in [0.717, 1.165) is 29.2 Å². The number of nitrogens with one attached hydrogen (secondary N) is 1. The van der Waals surface area contributed by atoms with Crippen LogP contribution in [0.5, 0.6) is 11.5 Å². The normalized spacial score (nSPS) is 11.9. The van der Waals surface area contributed by atoms with E-state index in [1.54, 1.807) is 0 Å². The van der Waals surface area contributed by atoms with Crippen LogP contribution in [0.3, 0.4) is 0 Å². The third-order valence-electron chi connectivity index (χ3n) is 2.86. The zero-order valence-corrected chi connectivity index (χ0v) is 12.0. The number of allylic oxidation sites excluding steroid dienone is 2. The lowest BCUT2D eigenvalue weighted by Crippen LogP contribution is -2.35. The Balaban J connectivity index is 3.34. The number of phenols is 2. The fourth-order valence-corrected chi connectivity index (χ4v) is 1.60. The predicted octanol–water partition coefficient (Wildman–Crippen LogP) is 0.516. The number of carbonyl (C=O) groups is 2. The van der Waals surface area contributed by atoms with E-state index in [-0.39, 0.29) is 11.3 Å². The molecule has 122 valence electrons. The molecule has 0 saturated heterocycles. The van der Waals surface area contributed by atoms with Crippen LogP contribution in [0.15, 0.2) is 41.8 Å². The quantitative estimate of drug-likeness (QED) is 0.0867. The van der Waals surface area contributed by atoms with E-state index in [1.807, 2.05) is 0 Å². The molecule has 0 bridgehead atoms. The number of carbonyl (C=O) groups excluding carboxylic acids is 1. The van der Waals surface area contributed by atoms with Crippen LogP contribution in [0.2, 0.25) is 0 Å². The Morgan fingerprint density at radius 3 is 2.39 bits per heavy atom. The van der Waals surface area contributed by atoms with Gasteiger partial charge in [0, 0.05) is 7.05 Å². The standard InChI is InChI=1S/C14H15N3O6/c1-17(14(15)16)10(13(22)23)4-7(6-18)12(21)9-5-8(19)2-3-11(9)20/h2-6,18-20H,1H3,(H3,15,16)(H,22,23)/b7-6+,10-4?. The molecule has 0 heterocycles. The lowest BCUT2D eigenvalue weighted by atomic mass is 10.0. The minimum absolute atomic E-state index is 0.299. The first-order valence-corrected chi connectivity index (χ1v) is 6.12. The van der Waals surface area contributed by atoms with Crippen LogP contribution in [-0.4, -0.2) is 50.1 Å². The third kappa shape index (κ3) is 4.00. The molecule has 0 aromatic heterocycles. The molecule has 0 aliphatic heterocycles. The third-order valence-corrected chi connectivity index (χ3v) is 2.86. The number of rotatable bonds is 5. The van der Waals surface area contributed by atoms with Gasteiger partial charge in [0.2, 0.25) is 0 Å². The van der Waals surface area contributed by atoms with Gasteiger partial charge in [-0.2, -0.15) is 0 Å². The molecule has 1 aromatic rings. The first kappa shape index (κ1) is 17.6. The number of aliphatic hydroxyl groups is 1. The van der Waals surface area contributed by atoms with Gasteiger partial charge >= 0.3 is 5.97 Å². The van der Waals surface area contributed by atoms with Gasteiger partial charge in [-0.1, -0.05) is 0 Å². The molecule has 23 heavy (non-hydrogen) atoms. The number of aromatic hydroxyl groups is 2. The van der Waals surface area contributed by atoms with E-state index >= 15 is 0 Å². The van der Waals surface area contributed by atoms with Gasteiger partial charge < -0.3 is 31.1 Å². The highest BCUT2D eigenvalue weighted by molar-refractivity contribution is 6.13. The molecule has 9 heteroatoms. The molecule has 0 unspecified atom stereocenters. The van der Waals surface area contributed by atoms with Crippen molar-refractivity contribution in [3.05, 3.63) is 47.4 Å². The van der Waals surface area contributed by atoms with Crippen molar-refractivity contribution in [3.63, 3.8) is 0 Å². The molecule has 7 N–H and O–H groups in total. The number of phenolic OH excluding ortho intramolecular Hbond substituents is 2. The summed E-state index contributed by atoms with van der Waals surface area (Å²) >= 11 is 0. The maximum Gasteiger partial charge on any atom is 0.352 e. The van der Waals surface area contributed by atoms with Gasteiger partial charge in [-0.05, 0) is 24.3 Å². The maximum atomic E-state index is 12.3. The largest absolute Gasteiger partial charge is 0.515 e. The van der Waals surface area contributed by atoms with Crippen LogP contribution in [0.1, 0.15) is 10.4 Å². The SMILES string of the molecule is CN(C(=N)N)C(=C/C(=C\O)C(=O)c1cc(O)ccc1O)C(=O)O. The fourth-order valence-electron chi connectivity index (χ4n) is 1.60. The molecule has 9 nitrogen and oxygen atoms in total. The number of nitrogens with two attached hydrogens (primary N) is 1. The van der Waals surface area contributed by atoms with Gasteiger partial charge in [0.25, 0.3) is 0 Å². The number of aliphatic carboxylic acids is 1. The number of likely N-dealkylation sites (N-methyl/N-ethyl adjacent to an activating group) is 1. The zero-order chi connectivity index (χ0) is 17.7. The van der Waals surface area contributed by atoms with E-state index in [0.29, 0.717) is 6.26 Å². The Bertz CT molecular complexity index is 723. The van der Waals surface area contributed by atoms with Crippen LogP contribution >= 0.6 is 0 Å². The fraction of sp³-hybridized carbons (Fsp3) is 0.0714. The monoisotopic (exact) mass is 321 g/mol. The van der Waals surface area contributed by atoms with Gasteiger partial charge in [-0.15, -0.1) is 0 Å². The van der Waals surface area contributed by atoms with Crippen molar-refractivity contribution >= 4 is 17.7 Å². The summed E-state index contributed by atoms with van der Waals surface area (Å²) in [6, 6.07) is 3.18. The summed E-state index contributed by atoms with van der Waals surface area (Å²) in [4.78, 5) is 24.2. The average Bonchev–Trinajstić information content (AvgIpc) is 2.49. The average molecular weight is 321 g/mol. The summed E-state index contributed by atoms with van der Waals surface area (Å²) in [7, 11) is 1.19. The maximum absolute atomic E-state index is 12.3. The number of hydrogen-bond acceptors (Lipinski definition) is 6. The molecule has 0 spiro atoms. The number of ketones is 1. The highest BCUT2D eigenvalue weighted by Gasteiger charge is 2.21. The van der Waals surface area contributed by atoms with E-state index in [4.69, 9.17) is 16.2 Å². The van der Waals surface area contributed by atoms with Gasteiger partial charge in [0.1, 0.15) is 17.2 Å². The van der Waals surface area contributed by atoms with E-state index in [9.17, 15) is 24.9 Å². The van der Waals surface area contributed by atoms with Crippen molar-refractivity contribution in [2.45, 2.75) is 0 Å². The molecule has 0 aliphatic carbocycles. The van der Waals surface area contributed by atoms with E-state index < -0.39 is 34.7 Å². The molecule has 0 radical (unpaired) electrons. The summed E-state index contributed by atoms with van der Waals surface area (Å²) < 4.78 is 0. The molecule has 0 aliphatic rings. The summed E-state index contributed by atoms with van der Waals surface area (Å²) in [5.41, 5.74) is 3.81. The van der Waals surface area contributed by atoms with Crippen LogP contribution < -0.4 is 5.73 Å². The highest BCUT2D eigenvalue weighted by atomic mass is 16.4. The predicted molar refractivity (Wildman–Crippen MR) is 80.2 cm³/mol. The van der Waals surface area contributed by atoms with Gasteiger partial charge in [-0.25, -0.2) is 4.79 Å². The molecular formula is C14H15N3O6. The Morgan fingerprint density at radius 1 is 1.30 bits per heavy atom. The van der Waals surface area contributed by atoms with Crippen molar-refractivity contribution in [3.8, 4) is 11.5 Å². The zero-order valence-electron chi connectivity index (χ0n) is 12.0. The molecule has 0 fully saturated rings. The molecule has 0 atom stereocenters. The van der Waals surface area contributed by atoms with Gasteiger partial charge in [-0.3, -0.25) is 10.2 Å². The summed E-state index contributed by atoms with van der Waals surface area (Å²) in [5, 5.41) is 44.5. The molecule has 0 saturated carbocycles. The van der Waals surface area contributed by atoms with Gasteiger partial charge in [0.15, 0.2) is 11.7 Å². The summed E-state index contributed by atoms with van der Waals surface area (Å²) in [6.07, 6.45) is 1.14. The van der Waals surface area contributed by atoms with Crippen LogP contribution in [0, 0.1) is 5.41 Å². The second kappa shape index (κ2) is 6.98. The minimum Gasteiger partial charge on any atom is -0.515 e. The Hall–Kier alpha value is -3.49. The van der Waals surface area contributed by atoms with Crippen molar-refractivity contribution in [1.29, 1.82) is 5.41 Å². The van der Waals surface area contributed by atoms with Crippen molar-refractivity contribution in [1.82, 2.24) is 4.90 Å². The van der Waals surface area contributed by atoms with Crippen molar-refractivity contribution in [2.75, 3.05) is 7.05 Å². The number of nitrogens with zero attached hydrogens (tertiary/aromatic N) is 1. The molecule has 1 aromatic carbocycles. The first-order valence-electron chi connectivity index (χ1n) is 6.12. The van der Waals surface area contributed by atoms with E-state index in [2.05, 4.69) is 0 Å². The molecule has 0 amide bonds. The number of hydrogen-bond donors (Lipinski definition) is 6. The lowest BCUT2D eigenvalue weighted by Gasteiger charge is -2.17. The number of carboxylic acids is 1. The van der Waals surface area contributed by atoms with Crippen LogP contribution in [0.4, 0.5) is 0 Å². The van der Waals surface area contributed by atoms with Crippen LogP contribution in [-0.2, 0) is 4.79 Å². The Kier molecular flexibility index (Phi) is 5.33. The molecule has 1 rings (SSSR count). The Labute approximate surface area is 130 Å². The number of benzene rings is 1. The number of aliphatic hydroxyl groups excluding tert-OH is 1. The topological polar surface area (TPSA) is 168 Å². The van der Waals surface area contributed by atoms with E-state index in [1.165, 1.54) is 7.05 Å². The summed E-state index contributed by atoms with van der Waals surface area (Å²) in [5.74, 6) is -3.78. The van der Waals surface area contributed by atoms with Crippen molar-refractivity contribution in [2.24, 2.45) is 5.73 Å². The molecular weight excluding hydrogens is 306 g/mol. The number of Topliss-reactive ketones (excluding diaryl/α,β-unsaturated/α-hetero) is 1. The van der Waals surface area contributed by atoms with Crippen molar-refractivity contribution < 1.29 is 30.0 Å². The summed E-state index contributed by atoms with van der Waals surface area (Å²) in [6.45, 7) is 0.